The van der Waals surface area contributed by atoms with Crippen LogP contribution in [0, 0.1) is 0 Å². The number of nitrogens with zero attached hydrogens (tertiary/aromatic N) is 1. The maximum Gasteiger partial charge on any atom is 0.258 e. The second kappa shape index (κ2) is 9.03. The summed E-state index contributed by atoms with van der Waals surface area (Å²) in [5, 5.41) is 7.06. The fourth-order valence-corrected chi connectivity index (χ4v) is 4.38. The molecule has 2 aliphatic heterocycles. The fraction of sp³-hybridized carbons (Fsp3) is 0.148. The van der Waals surface area contributed by atoms with Gasteiger partial charge in [-0.1, -0.05) is 72.3 Å². The number of nitrogens with one attached hydrogen (secondary N) is 2. The summed E-state index contributed by atoms with van der Waals surface area (Å²) in [5.74, 6) is -0.136. The minimum atomic E-state index is -0.136. The molecule has 0 aliphatic carbocycles. The van der Waals surface area contributed by atoms with Crippen LogP contribution in [-0.2, 0) is 11.3 Å². The van der Waals surface area contributed by atoms with E-state index in [2.05, 4.69) is 52.0 Å². The lowest BCUT2D eigenvalue weighted by Crippen LogP contribution is -2.26. The Morgan fingerprint density at radius 3 is 2.56 bits per heavy atom. The molecule has 5 rings (SSSR count). The average molecular weight is 442 g/mol. The zero-order valence-electron chi connectivity index (χ0n) is 17.6. The summed E-state index contributed by atoms with van der Waals surface area (Å²) < 4.78 is 0. The van der Waals surface area contributed by atoms with Crippen molar-refractivity contribution >= 4 is 40.2 Å². The Labute approximate surface area is 193 Å². The van der Waals surface area contributed by atoms with Crippen LogP contribution in [0.4, 0.5) is 11.4 Å². The van der Waals surface area contributed by atoms with Gasteiger partial charge in [0.15, 0.2) is 0 Å². The number of benzene rings is 3. The molecule has 0 spiro atoms. The van der Waals surface area contributed by atoms with Crippen molar-refractivity contribution in [2.45, 2.75) is 13.0 Å². The van der Waals surface area contributed by atoms with E-state index in [1.165, 1.54) is 5.56 Å². The average Bonchev–Trinajstić information content (AvgIpc) is 3.14. The van der Waals surface area contributed by atoms with E-state index in [9.17, 15) is 4.79 Å². The number of carbonyl (C=O) groups excluding carboxylic acids is 1. The van der Waals surface area contributed by atoms with Crippen molar-refractivity contribution in [1.29, 1.82) is 0 Å². The van der Waals surface area contributed by atoms with Gasteiger partial charge in [0.1, 0.15) is 0 Å². The topological polar surface area (TPSA) is 44.4 Å². The van der Waals surface area contributed by atoms with E-state index in [0.29, 0.717) is 10.6 Å². The van der Waals surface area contributed by atoms with E-state index in [4.69, 9.17) is 11.6 Å². The first-order valence-corrected chi connectivity index (χ1v) is 11.2. The molecule has 3 aromatic carbocycles. The number of hydrogen-bond donors (Lipinski definition) is 2. The first-order chi connectivity index (χ1) is 15.7. The number of carbonyl (C=O) groups is 1. The fourth-order valence-electron chi connectivity index (χ4n) is 4.21. The predicted molar refractivity (Wildman–Crippen MR) is 132 cm³/mol. The van der Waals surface area contributed by atoms with Gasteiger partial charge in [-0.3, -0.25) is 9.69 Å². The van der Waals surface area contributed by atoms with Crippen LogP contribution in [0.2, 0.25) is 5.02 Å². The normalized spacial score (nSPS) is 17.1. The largest absolute Gasteiger partial charge is 0.354 e. The van der Waals surface area contributed by atoms with Crippen LogP contribution in [-0.4, -0.2) is 23.9 Å². The summed E-state index contributed by atoms with van der Waals surface area (Å²) in [6.45, 7) is 3.04. The summed E-state index contributed by atoms with van der Waals surface area (Å²) in [6.07, 6.45) is 5.59. The Kier molecular flexibility index (Phi) is 5.80. The predicted octanol–water partition coefficient (Wildman–Crippen LogP) is 6.03. The third kappa shape index (κ3) is 4.33. The lowest BCUT2D eigenvalue weighted by molar-refractivity contribution is -0.110. The van der Waals surface area contributed by atoms with Crippen molar-refractivity contribution in [2.75, 3.05) is 23.7 Å². The summed E-state index contributed by atoms with van der Waals surface area (Å²) >= 11 is 6.14. The third-order valence-corrected chi connectivity index (χ3v) is 6.05. The molecule has 2 N–H and O–H groups in total. The molecule has 160 valence electrons. The number of amides is 1. The molecule has 0 unspecified atom stereocenters. The van der Waals surface area contributed by atoms with Gasteiger partial charge in [0.25, 0.3) is 5.91 Å². The first-order valence-electron chi connectivity index (χ1n) is 10.8. The minimum Gasteiger partial charge on any atom is -0.354 e. The monoisotopic (exact) mass is 441 g/mol. The van der Waals surface area contributed by atoms with Crippen LogP contribution >= 0.6 is 11.6 Å². The number of anilines is 2. The second-order valence-electron chi connectivity index (χ2n) is 8.08. The van der Waals surface area contributed by atoms with E-state index < -0.39 is 0 Å². The van der Waals surface area contributed by atoms with Crippen molar-refractivity contribution < 1.29 is 4.79 Å². The number of hydrogen-bond acceptors (Lipinski definition) is 3. The van der Waals surface area contributed by atoms with Gasteiger partial charge in [-0.2, -0.15) is 0 Å². The molecule has 0 bridgehead atoms. The highest BCUT2D eigenvalue weighted by Gasteiger charge is 2.28. The number of fused-ring (bicyclic) bond motifs is 1. The molecule has 32 heavy (non-hydrogen) atoms. The van der Waals surface area contributed by atoms with Crippen molar-refractivity contribution in [3.05, 3.63) is 107 Å². The van der Waals surface area contributed by atoms with Gasteiger partial charge >= 0.3 is 0 Å². The molecule has 0 aromatic heterocycles. The van der Waals surface area contributed by atoms with E-state index in [0.717, 1.165) is 54.3 Å². The van der Waals surface area contributed by atoms with Crippen molar-refractivity contribution in [3.63, 3.8) is 0 Å². The van der Waals surface area contributed by atoms with E-state index in [-0.39, 0.29) is 5.91 Å². The van der Waals surface area contributed by atoms with Crippen LogP contribution in [0.3, 0.4) is 0 Å². The molecule has 5 heteroatoms. The summed E-state index contributed by atoms with van der Waals surface area (Å²) in [5.41, 5.74) is 6.14. The summed E-state index contributed by atoms with van der Waals surface area (Å²) in [7, 11) is 0. The SMILES string of the molecule is O=C1Nc2cc(Cl)ccc2C1=C(Nc1ccc(CN2CC=CCC2)cc1)c1ccccc1. The van der Waals surface area contributed by atoms with E-state index in [1.54, 1.807) is 6.07 Å². The Morgan fingerprint density at radius 2 is 1.81 bits per heavy atom. The first kappa shape index (κ1) is 20.6. The molecule has 0 fully saturated rings. The molecule has 2 aliphatic rings. The number of halogens is 1. The minimum absolute atomic E-state index is 0.136. The zero-order valence-corrected chi connectivity index (χ0v) is 18.4. The number of rotatable bonds is 5. The van der Waals surface area contributed by atoms with Gasteiger partial charge < -0.3 is 10.6 Å². The third-order valence-electron chi connectivity index (χ3n) is 5.81. The quantitative estimate of drug-likeness (QED) is 0.375. The van der Waals surface area contributed by atoms with Crippen molar-refractivity contribution in [1.82, 2.24) is 4.90 Å². The smallest absolute Gasteiger partial charge is 0.258 e. The molecule has 0 atom stereocenters. The Morgan fingerprint density at radius 1 is 1.00 bits per heavy atom. The molecule has 0 saturated heterocycles. The van der Waals surface area contributed by atoms with Crippen molar-refractivity contribution in [2.24, 2.45) is 0 Å². The van der Waals surface area contributed by atoms with Crippen LogP contribution in [0.5, 0.6) is 0 Å². The Balaban J connectivity index is 1.48. The van der Waals surface area contributed by atoms with Crippen LogP contribution in [0.1, 0.15) is 23.1 Å². The molecular weight excluding hydrogens is 418 g/mol. The Hall–Kier alpha value is -3.34. The molecular formula is C27H24ClN3O. The highest BCUT2D eigenvalue weighted by atomic mass is 35.5. The van der Waals surface area contributed by atoms with Gasteiger partial charge in [0.05, 0.1) is 17.0 Å². The molecule has 0 radical (unpaired) electrons. The van der Waals surface area contributed by atoms with Gasteiger partial charge in [-0.05, 0) is 41.8 Å². The zero-order chi connectivity index (χ0) is 21.9. The standard InChI is InChI=1S/C27H24ClN3O/c28-21-11-14-23-24(17-21)30-27(32)25(23)26(20-7-3-1-4-8-20)29-22-12-9-19(10-13-22)18-31-15-5-2-6-16-31/h1-5,7-14,17,29H,6,15-16,18H2,(H,30,32). The highest BCUT2D eigenvalue weighted by molar-refractivity contribution is 6.38. The van der Waals surface area contributed by atoms with E-state index >= 15 is 0 Å². The highest BCUT2D eigenvalue weighted by Crippen LogP contribution is 2.38. The molecule has 1 amide bonds. The Bertz CT molecular complexity index is 1200. The molecule has 2 heterocycles. The van der Waals surface area contributed by atoms with Gasteiger partial charge in [-0.25, -0.2) is 0 Å². The maximum atomic E-state index is 13.0. The van der Waals surface area contributed by atoms with Crippen LogP contribution < -0.4 is 10.6 Å². The summed E-state index contributed by atoms with van der Waals surface area (Å²) in [6, 6.07) is 23.9. The van der Waals surface area contributed by atoms with Crippen molar-refractivity contribution in [3.8, 4) is 0 Å². The summed E-state index contributed by atoms with van der Waals surface area (Å²) in [4.78, 5) is 15.4. The van der Waals surface area contributed by atoms with Gasteiger partial charge in [-0.15, -0.1) is 0 Å². The van der Waals surface area contributed by atoms with E-state index in [1.807, 2.05) is 42.5 Å². The lowest BCUT2D eigenvalue weighted by Gasteiger charge is -2.23. The molecule has 0 saturated carbocycles. The van der Waals surface area contributed by atoms with Gasteiger partial charge in [0.2, 0.25) is 0 Å². The van der Waals surface area contributed by atoms with Crippen LogP contribution in [0.25, 0.3) is 11.3 Å². The van der Waals surface area contributed by atoms with Crippen LogP contribution in [0.15, 0.2) is 84.9 Å². The lowest BCUT2D eigenvalue weighted by atomic mass is 10.00. The molecule has 4 nitrogen and oxygen atoms in total. The maximum absolute atomic E-state index is 13.0. The second-order valence-corrected chi connectivity index (χ2v) is 8.51. The van der Waals surface area contributed by atoms with Gasteiger partial charge in [0, 0.05) is 35.9 Å². The molecule has 3 aromatic rings.